The minimum Gasteiger partial charge on any atom is -0.367 e. The lowest BCUT2D eigenvalue weighted by atomic mass is 9.86. The van der Waals surface area contributed by atoms with E-state index < -0.39 is 11.6 Å². The molecule has 0 aliphatic carbocycles. The van der Waals surface area contributed by atoms with Gasteiger partial charge in [0.2, 0.25) is 5.91 Å². The Bertz CT molecular complexity index is 1680. The molecular formula is C32H36ClF2N7O2. The summed E-state index contributed by atoms with van der Waals surface area (Å²) in [5.41, 5.74) is 2.16. The number of carbonyl (C=O) groups is 2. The second-order valence-electron chi connectivity index (χ2n) is 11.7. The van der Waals surface area contributed by atoms with Crippen molar-refractivity contribution in [1.29, 1.82) is 0 Å². The number of aryl methyl sites for hydroxylation is 1. The Kier molecular flexibility index (Phi) is 8.59. The lowest BCUT2D eigenvalue weighted by molar-refractivity contribution is -0.132. The van der Waals surface area contributed by atoms with Crippen molar-refractivity contribution < 1.29 is 18.4 Å². The highest BCUT2D eigenvalue weighted by Gasteiger charge is 2.30. The van der Waals surface area contributed by atoms with E-state index in [0.29, 0.717) is 78.4 Å². The Hall–Kier alpha value is -3.96. The summed E-state index contributed by atoms with van der Waals surface area (Å²) in [5, 5.41) is 8.21. The maximum absolute atomic E-state index is 16.4. The summed E-state index contributed by atoms with van der Waals surface area (Å²) < 4.78 is 33.8. The summed E-state index contributed by atoms with van der Waals surface area (Å²) in [7, 11) is 3.25. The second kappa shape index (κ2) is 12.6. The number of piperidine rings is 1. The molecule has 1 atom stereocenters. The number of anilines is 1. The Morgan fingerprint density at radius 3 is 2.61 bits per heavy atom. The number of halogens is 3. The third-order valence-electron chi connectivity index (χ3n) is 8.63. The fourth-order valence-electron chi connectivity index (χ4n) is 6.31. The van der Waals surface area contributed by atoms with Crippen LogP contribution in [0.4, 0.5) is 14.5 Å². The predicted molar refractivity (Wildman–Crippen MR) is 167 cm³/mol. The van der Waals surface area contributed by atoms with E-state index in [2.05, 4.69) is 15.4 Å². The van der Waals surface area contributed by atoms with Gasteiger partial charge in [0.1, 0.15) is 11.5 Å². The van der Waals surface area contributed by atoms with Gasteiger partial charge in [-0.3, -0.25) is 14.3 Å². The quantitative estimate of drug-likeness (QED) is 0.307. The highest BCUT2D eigenvalue weighted by Crippen LogP contribution is 2.42. The Morgan fingerprint density at radius 2 is 1.89 bits per heavy atom. The third kappa shape index (κ3) is 5.90. The molecule has 2 saturated heterocycles. The standard InChI is InChI=1S/C32H36ClF2N7O2/c1-39(2)32(44)27-17-24-22(23-16-26(34)28(18-25(23)33)40-13-8-36-9-14-40)15-21(30(35)31(24)38-27)20-5-3-10-41(19-20)29(43)6-12-42-11-4-7-37-42/h4,7,11,15-18,20,36,38H,3,5-6,8-10,12-14,19H2,1-2H3. The van der Waals surface area contributed by atoms with Gasteiger partial charge in [-0.25, -0.2) is 8.78 Å². The highest BCUT2D eigenvalue weighted by molar-refractivity contribution is 6.34. The summed E-state index contributed by atoms with van der Waals surface area (Å²) in [6, 6.07) is 8.17. The van der Waals surface area contributed by atoms with E-state index in [-0.39, 0.29) is 28.9 Å². The first-order chi connectivity index (χ1) is 21.2. The fourth-order valence-corrected chi connectivity index (χ4v) is 6.57. The SMILES string of the molecule is CN(C)C(=O)c1cc2c(-c3cc(F)c(N4CCNCC4)cc3Cl)cc(C3CCCN(C(=O)CCn4cccn4)C3)c(F)c2[nH]1. The number of nitrogens with zero attached hydrogens (tertiary/aromatic N) is 5. The number of fused-ring (bicyclic) bond motifs is 1. The molecule has 0 spiro atoms. The van der Waals surface area contributed by atoms with Crippen LogP contribution in [0.2, 0.25) is 5.02 Å². The highest BCUT2D eigenvalue weighted by atomic mass is 35.5. The van der Waals surface area contributed by atoms with Crippen LogP contribution in [0, 0.1) is 11.6 Å². The molecule has 232 valence electrons. The summed E-state index contributed by atoms with van der Waals surface area (Å²) in [6.07, 6.45) is 5.18. The van der Waals surface area contributed by atoms with Crippen LogP contribution in [0.15, 0.2) is 42.7 Å². The van der Waals surface area contributed by atoms with Crippen LogP contribution in [0.3, 0.4) is 0 Å². The molecule has 0 radical (unpaired) electrons. The predicted octanol–water partition coefficient (Wildman–Crippen LogP) is 4.87. The lowest BCUT2D eigenvalue weighted by Crippen LogP contribution is -2.43. The van der Waals surface area contributed by atoms with Crippen LogP contribution in [-0.2, 0) is 11.3 Å². The monoisotopic (exact) mass is 623 g/mol. The van der Waals surface area contributed by atoms with Gasteiger partial charge >= 0.3 is 0 Å². The molecule has 1 unspecified atom stereocenters. The molecule has 4 aromatic rings. The number of carbonyl (C=O) groups excluding carboxylic acids is 2. The lowest BCUT2D eigenvalue weighted by Gasteiger charge is -2.33. The molecule has 2 N–H and O–H groups in total. The zero-order chi connectivity index (χ0) is 31.0. The molecule has 44 heavy (non-hydrogen) atoms. The first-order valence-electron chi connectivity index (χ1n) is 15.0. The number of H-pyrrole nitrogens is 1. The Balaban J connectivity index is 1.39. The maximum atomic E-state index is 16.4. The molecule has 0 bridgehead atoms. The molecule has 2 aromatic carbocycles. The second-order valence-corrected chi connectivity index (χ2v) is 12.1. The molecular weight excluding hydrogens is 588 g/mol. The first-order valence-corrected chi connectivity index (χ1v) is 15.4. The van der Waals surface area contributed by atoms with E-state index in [1.165, 1.54) is 11.0 Å². The van der Waals surface area contributed by atoms with Crippen molar-refractivity contribution in [1.82, 2.24) is 29.9 Å². The molecule has 2 aliphatic rings. The number of amides is 2. The van der Waals surface area contributed by atoms with Gasteiger partial charge < -0.3 is 25.0 Å². The summed E-state index contributed by atoms with van der Waals surface area (Å²) in [4.78, 5) is 34.1. The van der Waals surface area contributed by atoms with E-state index in [0.717, 1.165) is 19.5 Å². The van der Waals surface area contributed by atoms with Gasteiger partial charge in [0.05, 0.1) is 16.2 Å². The number of hydrogen-bond acceptors (Lipinski definition) is 5. The van der Waals surface area contributed by atoms with E-state index in [9.17, 15) is 9.59 Å². The topological polar surface area (TPSA) is 89.5 Å². The van der Waals surface area contributed by atoms with Crippen molar-refractivity contribution in [2.24, 2.45) is 0 Å². The summed E-state index contributed by atoms with van der Waals surface area (Å²) in [5.74, 6) is -1.52. The molecule has 12 heteroatoms. The molecule has 2 amide bonds. The minimum atomic E-state index is -0.480. The Morgan fingerprint density at radius 1 is 1.09 bits per heavy atom. The van der Waals surface area contributed by atoms with Crippen LogP contribution >= 0.6 is 11.6 Å². The van der Waals surface area contributed by atoms with Gasteiger partial charge in [-0.15, -0.1) is 0 Å². The van der Waals surface area contributed by atoms with Crippen LogP contribution < -0.4 is 10.2 Å². The smallest absolute Gasteiger partial charge is 0.269 e. The van der Waals surface area contributed by atoms with Crippen molar-refractivity contribution in [3.05, 3.63) is 70.6 Å². The molecule has 9 nitrogen and oxygen atoms in total. The van der Waals surface area contributed by atoms with Crippen molar-refractivity contribution in [2.75, 3.05) is 58.3 Å². The number of aromatic amines is 1. The van der Waals surface area contributed by atoms with Gasteiger partial charge in [-0.2, -0.15) is 5.10 Å². The van der Waals surface area contributed by atoms with E-state index in [1.807, 2.05) is 17.2 Å². The normalized spacial score (nSPS) is 17.3. The van der Waals surface area contributed by atoms with Crippen molar-refractivity contribution in [2.45, 2.75) is 31.7 Å². The number of benzene rings is 2. The van der Waals surface area contributed by atoms with Gasteiger partial charge in [0, 0.05) is 95.6 Å². The number of nitrogens with one attached hydrogen (secondary N) is 2. The molecule has 2 aromatic heterocycles. The van der Waals surface area contributed by atoms with Gasteiger partial charge in [0.15, 0.2) is 5.82 Å². The number of aromatic nitrogens is 3. The number of piperazine rings is 1. The number of hydrogen-bond donors (Lipinski definition) is 2. The van der Waals surface area contributed by atoms with Crippen molar-refractivity contribution >= 4 is 40.0 Å². The van der Waals surface area contributed by atoms with Crippen molar-refractivity contribution in [3.8, 4) is 11.1 Å². The van der Waals surface area contributed by atoms with Gasteiger partial charge in [0.25, 0.3) is 5.91 Å². The van der Waals surface area contributed by atoms with E-state index >= 15 is 8.78 Å². The molecule has 4 heterocycles. The summed E-state index contributed by atoms with van der Waals surface area (Å²) in [6.45, 7) is 4.23. The zero-order valence-electron chi connectivity index (χ0n) is 24.9. The van der Waals surface area contributed by atoms with Crippen molar-refractivity contribution in [3.63, 3.8) is 0 Å². The minimum absolute atomic E-state index is 0.0146. The van der Waals surface area contributed by atoms with Gasteiger partial charge in [-0.1, -0.05) is 11.6 Å². The van der Waals surface area contributed by atoms with E-state index in [4.69, 9.17) is 11.6 Å². The Labute approximate surface area is 259 Å². The molecule has 0 saturated carbocycles. The van der Waals surface area contributed by atoms with Crippen LogP contribution in [0.25, 0.3) is 22.0 Å². The molecule has 2 aliphatic heterocycles. The van der Waals surface area contributed by atoms with E-state index in [1.54, 1.807) is 48.1 Å². The average molecular weight is 624 g/mol. The van der Waals surface area contributed by atoms with Crippen LogP contribution in [0.5, 0.6) is 0 Å². The average Bonchev–Trinajstić information content (AvgIpc) is 3.72. The largest absolute Gasteiger partial charge is 0.367 e. The maximum Gasteiger partial charge on any atom is 0.269 e. The number of likely N-dealkylation sites (tertiary alicyclic amines) is 1. The molecule has 6 rings (SSSR count). The molecule has 2 fully saturated rings. The fraction of sp³-hybridized carbons (Fsp3) is 0.406. The van der Waals surface area contributed by atoms with Crippen LogP contribution in [0.1, 0.15) is 41.2 Å². The van der Waals surface area contributed by atoms with Gasteiger partial charge in [-0.05, 0) is 54.3 Å². The third-order valence-corrected chi connectivity index (χ3v) is 8.94. The zero-order valence-corrected chi connectivity index (χ0v) is 25.6. The number of rotatable bonds is 7. The first kappa shape index (κ1) is 30.1. The van der Waals surface area contributed by atoms with Crippen LogP contribution in [-0.4, -0.2) is 89.7 Å². The summed E-state index contributed by atoms with van der Waals surface area (Å²) >= 11 is 6.85.